The van der Waals surface area contributed by atoms with Crippen LogP contribution in [0.15, 0.2) is 30.3 Å². The van der Waals surface area contributed by atoms with Crippen LogP contribution in [0.5, 0.6) is 0 Å². The summed E-state index contributed by atoms with van der Waals surface area (Å²) < 4.78 is 0. The quantitative estimate of drug-likeness (QED) is 0.815. The van der Waals surface area contributed by atoms with Crippen molar-refractivity contribution >= 4 is 11.3 Å². The molecule has 0 aliphatic carbocycles. The van der Waals surface area contributed by atoms with E-state index in [1.54, 1.807) is 11.3 Å². The molecule has 1 aromatic carbocycles. The summed E-state index contributed by atoms with van der Waals surface area (Å²) in [6, 6.07) is 10.4. The maximum Gasteiger partial charge on any atom is 0.107 e. The Morgan fingerprint density at radius 3 is 2.71 bits per heavy atom. The molecule has 0 atom stereocenters. The molecule has 0 radical (unpaired) electrons. The molecule has 0 aliphatic heterocycles. The Bertz CT molecular complexity index is 462. The first-order valence-corrected chi connectivity index (χ1v) is 6.85. The minimum atomic E-state index is 0.881. The van der Waals surface area contributed by atoms with E-state index in [9.17, 15) is 0 Å². The molecule has 0 spiro atoms. The zero-order valence-corrected chi connectivity index (χ0v) is 11.2. The van der Waals surface area contributed by atoms with Crippen LogP contribution in [0.2, 0.25) is 0 Å². The van der Waals surface area contributed by atoms with Crippen LogP contribution < -0.4 is 5.32 Å². The zero-order chi connectivity index (χ0) is 12.1. The third kappa shape index (κ3) is 3.14. The second-order valence-electron chi connectivity index (χ2n) is 4.06. The molecule has 0 saturated heterocycles. The lowest BCUT2D eigenvalue weighted by molar-refractivity contribution is 0.673. The minimum Gasteiger partial charge on any atom is -0.310 e. The Balaban J connectivity index is 2.14. The summed E-state index contributed by atoms with van der Waals surface area (Å²) in [5.74, 6) is 0. The van der Waals surface area contributed by atoms with Crippen molar-refractivity contribution in [1.29, 1.82) is 0 Å². The lowest BCUT2D eigenvalue weighted by Crippen LogP contribution is -2.13. The lowest BCUT2D eigenvalue weighted by Gasteiger charge is -1.98. The molecule has 1 aromatic heterocycles. The average molecular weight is 246 g/mol. The third-order valence-corrected chi connectivity index (χ3v) is 3.56. The largest absolute Gasteiger partial charge is 0.310 e. The van der Waals surface area contributed by atoms with Gasteiger partial charge in [0.05, 0.1) is 5.69 Å². The smallest absolute Gasteiger partial charge is 0.107 e. The third-order valence-electron chi connectivity index (χ3n) is 2.59. The summed E-state index contributed by atoms with van der Waals surface area (Å²) in [5, 5.41) is 4.57. The van der Waals surface area contributed by atoms with E-state index in [-0.39, 0.29) is 0 Å². The Morgan fingerprint density at radius 1 is 1.24 bits per heavy atom. The van der Waals surface area contributed by atoms with Gasteiger partial charge in [-0.15, -0.1) is 11.3 Å². The number of thiazole rings is 1. The summed E-state index contributed by atoms with van der Waals surface area (Å²) in [5.41, 5.74) is 2.34. The van der Waals surface area contributed by atoms with Gasteiger partial charge in [-0.25, -0.2) is 4.98 Å². The highest BCUT2D eigenvalue weighted by molar-refractivity contribution is 7.12. The van der Waals surface area contributed by atoms with E-state index in [2.05, 4.69) is 43.4 Å². The number of benzene rings is 1. The average Bonchev–Trinajstić information content (AvgIpc) is 2.72. The molecule has 0 amide bonds. The fraction of sp³-hybridized carbons (Fsp3) is 0.357. The monoisotopic (exact) mass is 246 g/mol. The van der Waals surface area contributed by atoms with Crippen molar-refractivity contribution in [2.24, 2.45) is 0 Å². The normalized spacial score (nSPS) is 10.7. The Hall–Kier alpha value is -1.19. The summed E-state index contributed by atoms with van der Waals surface area (Å²) in [7, 11) is 0. The van der Waals surface area contributed by atoms with Gasteiger partial charge in [0.1, 0.15) is 5.01 Å². The highest BCUT2D eigenvalue weighted by Gasteiger charge is 2.08. The SMILES string of the molecule is CCCNCc1nc(-c2ccccc2)c(C)s1. The molecule has 0 bridgehead atoms. The van der Waals surface area contributed by atoms with E-state index in [4.69, 9.17) is 4.98 Å². The van der Waals surface area contributed by atoms with Crippen LogP contribution in [0, 0.1) is 6.92 Å². The van der Waals surface area contributed by atoms with Gasteiger partial charge in [-0.05, 0) is 19.9 Å². The number of nitrogens with one attached hydrogen (secondary N) is 1. The summed E-state index contributed by atoms with van der Waals surface area (Å²) in [4.78, 5) is 6.00. The second-order valence-corrected chi connectivity index (χ2v) is 5.34. The molecule has 17 heavy (non-hydrogen) atoms. The van der Waals surface area contributed by atoms with E-state index in [1.165, 1.54) is 15.4 Å². The molecular formula is C14H18N2S. The van der Waals surface area contributed by atoms with Gasteiger partial charge in [-0.1, -0.05) is 37.3 Å². The summed E-state index contributed by atoms with van der Waals surface area (Å²) in [6.45, 7) is 6.25. The maximum absolute atomic E-state index is 4.71. The van der Waals surface area contributed by atoms with Gasteiger partial charge < -0.3 is 5.32 Å². The van der Waals surface area contributed by atoms with Gasteiger partial charge in [0, 0.05) is 17.0 Å². The molecule has 3 heteroatoms. The Morgan fingerprint density at radius 2 is 2.00 bits per heavy atom. The molecule has 0 aliphatic rings. The molecule has 0 fully saturated rings. The zero-order valence-electron chi connectivity index (χ0n) is 10.4. The first-order chi connectivity index (χ1) is 8.31. The molecule has 2 rings (SSSR count). The topological polar surface area (TPSA) is 24.9 Å². The number of nitrogens with zero attached hydrogens (tertiary/aromatic N) is 1. The van der Waals surface area contributed by atoms with Crippen LogP contribution in [0.3, 0.4) is 0 Å². The van der Waals surface area contributed by atoms with Gasteiger partial charge in [-0.3, -0.25) is 0 Å². The van der Waals surface area contributed by atoms with Gasteiger partial charge in [-0.2, -0.15) is 0 Å². The van der Waals surface area contributed by atoms with Gasteiger partial charge in [0.15, 0.2) is 0 Å². The van der Waals surface area contributed by atoms with E-state index >= 15 is 0 Å². The first kappa shape index (κ1) is 12.3. The van der Waals surface area contributed by atoms with Crippen molar-refractivity contribution in [3.05, 3.63) is 40.2 Å². The van der Waals surface area contributed by atoms with Crippen LogP contribution in [0.25, 0.3) is 11.3 Å². The van der Waals surface area contributed by atoms with Crippen LogP contribution in [-0.2, 0) is 6.54 Å². The molecule has 1 heterocycles. The van der Waals surface area contributed by atoms with Gasteiger partial charge in [0.2, 0.25) is 0 Å². The molecule has 0 unspecified atom stereocenters. The van der Waals surface area contributed by atoms with Crippen molar-refractivity contribution in [3.8, 4) is 11.3 Å². The predicted octanol–water partition coefficient (Wildman–Crippen LogP) is 3.62. The Kier molecular flexibility index (Phi) is 4.29. The van der Waals surface area contributed by atoms with Gasteiger partial charge in [0.25, 0.3) is 0 Å². The number of aryl methyl sites for hydroxylation is 1. The number of aromatic nitrogens is 1. The van der Waals surface area contributed by atoms with Crippen molar-refractivity contribution < 1.29 is 0 Å². The number of rotatable bonds is 5. The standard InChI is InChI=1S/C14H18N2S/c1-3-9-15-10-13-16-14(11(2)17-13)12-7-5-4-6-8-12/h4-8,15H,3,9-10H2,1-2H3. The Labute approximate surface area is 107 Å². The lowest BCUT2D eigenvalue weighted by atomic mass is 10.1. The molecule has 2 nitrogen and oxygen atoms in total. The second kappa shape index (κ2) is 5.94. The first-order valence-electron chi connectivity index (χ1n) is 6.03. The van der Waals surface area contributed by atoms with E-state index < -0.39 is 0 Å². The molecule has 1 N–H and O–H groups in total. The van der Waals surface area contributed by atoms with E-state index in [1.807, 2.05) is 6.07 Å². The summed E-state index contributed by atoms with van der Waals surface area (Å²) >= 11 is 1.79. The van der Waals surface area contributed by atoms with Crippen molar-refractivity contribution in [2.75, 3.05) is 6.54 Å². The van der Waals surface area contributed by atoms with Crippen LogP contribution in [0.4, 0.5) is 0 Å². The minimum absolute atomic E-state index is 0.881. The van der Waals surface area contributed by atoms with Gasteiger partial charge >= 0.3 is 0 Å². The van der Waals surface area contributed by atoms with Crippen molar-refractivity contribution in [1.82, 2.24) is 10.3 Å². The van der Waals surface area contributed by atoms with Crippen LogP contribution >= 0.6 is 11.3 Å². The summed E-state index contributed by atoms with van der Waals surface area (Å²) in [6.07, 6.45) is 1.16. The molecule has 2 aromatic rings. The van der Waals surface area contributed by atoms with E-state index in [0.29, 0.717) is 0 Å². The van der Waals surface area contributed by atoms with Crippen LogP contribution in [0.1, 0.15) is 23.2 Å². The predicted molar refractivity (Wildman–Crippen MR) is 74.3 cm³/mol. The highest BCUT2D eigenvalue weighted by Crippen LogP contribution is 2.27. The van der Waals surface area contributed by atoms with Crippen molar-refractivity contribution in [3.63, 3.8) is 0 Å². The molecular weight excluding hydrogens is 228 g/mol. The molecule has 90 valence electrons. The maximum atomic E-state index is 4.71. The fourth-order valence-electron chi connectivity index (χ4n) is 1.76. The van der Waals surface area contributed by atoms with Crippen molar-refractivity contribution in [2.45, 2.75) is 26.8 Å². The molecule has 0 saturated carbocycles. The number of hydrogen-bond donors (Lipinski definition) is 1. The van der Waals surface area contributed by atoms with E-state index in [0.717, 1.165) is 25.2 Å². The van der Waals surface area contributed by atoms with Crippen LogP contribution in [-0.4, -0.2) is 11.5 Å². The fourth-order valence-corrected chi connectivity index (χ4v) is 2.69. The number of hydrogen-bond acceptors (Lipinski definition) is 3. The highest BCUT2D eigenvalue weighted by atomic mass is 32.1.